The van der Waals surface area contributed by atoms with Crippen molar-refractivity contribution in [2.45, 2.75) is 40.2 Å². The Morgan fingerprint density at radius 3 is 2.57 bits per heavy atom. The molecule has 1 aromatic carbocycles. The van der Waals surface area contributed by atoms with Crippen molar-refractivity contribution in [3.8, 4) is 0 Å². The molecule has 0 amide bonds. The Kier molecular flexibility index (Phi) is 5.73. The van der Waals surface area contributed by atoms with E-state index in [9.17, 15) is 9.59 Å². The monoisotopic (exact) mass is 382 g/mol. The highest BCUT2D eigenvalue weighted by atomic mass is 16.5. The van der Waals surface area contributed by atoms with Crippen LogP contribution in [0, 0.1) is 20.8 Å². The van der Waals surface area contributed by atoms with Crippen LogP contribution in [0.15, 0.2) is 28.8 Å². The zero-order valence-corrected chi connectivity index (χ0v) is 16.4. The summed E-state index contributed by atoms with van der Waals surface area (Å²) in [6.45, 7) is 5.38. The molecule has 28 heavy (non-hydrogen) atoms. The largest absolute Gasteiger partial charge is 0.465 e. The van der Waals surface area contributed by atoms with Gasteiger partial charge in [-0.05, 0) is 38.8 Å². The van der Waals surface area contributed by atoms with Crippen LogP contribution in [0.5, 0.6) is 0 Å². The van der Waals surface area contributed by atoms with Gasteiger partial charge in [-0.1, -0.05) is 23.4 Å². The van der Waals surface area contributed by atoms with Crippen molar-refractivity contribution >= 4 is 22.8 Å². The molecule has 0 saturated carbocycles. The molecule has 0 spiro atoms. The first kappa shape index (κ1) is 19.5. The molecular formula is C21H22N2O5. The molecule has 0 aliphatic heterocycles. The van der Waals surface area contributed by atoms with E-state index >= 15 is 0 Å². The number of para-hydroxylation sites is 1. The first-order chi connectivity index (χ1) is 13.4. The normalized spacial score (nSPS) is 10.9. The number of fused-ring (bicyclic) bond motifs is 1. The maximum Gasteiger partial charge on any atom is 0.340 e. The molecule has 0 atom stereocenters. The van der Waals surface area contributed by atoms with Gasteiger partial charge >= 0.3 is 11.9 Å². The summed E-state index contributed by atoms with van der Waals surface area (Å²) in [4.78, 5) is 29.0. The first-order valence-corrected chi connectivity index (χ1v) is 8.96. The molecule has 2 heterocycles. The third-order valence-electron chi connectivity index (χ3n) is 4.75. The van der Waals surface area contributed by atoms with Gasteiger partial charge in [0.05, 0.1) is 29.6 Å². The average molecular weight is 382 g/mol. The number of pyridine rings is 1. The van der Waals surface area contributed by atoms with E-state index in [-0.39, 0.29) is 19.0 Å². The van der Waals surface area contributed by atoms with E-state index in [0.717, 1.165) is 27.7 Å². The van der Waals surface area contributed by atoms with E-state index in [1.807, 2.05) is 45.0 Å². The summed E-state index contributed by atoms with van der Waals surface area (Å²) in [7, 11) is 1.32. The summed E-state index contributed by atoms with van der Waals surface area (Å²) >= 11 is 0. The molecular weight excluding hydrogens is 360 g/mol. The Morgan fingerprint density at radius 2 is 1.89 bits per heavy atom. The molecule has 0 aliphatic rings. The molecule has 0 aliphatic carbocycles. The Balaban J connectivity index is 1.77. The number of carbonyl (C=O) groups is 2. The Morgan fingerprint density at radius 1 is 1.14 bits per heavy atom. The van der Waals surface area contributed by atoms with Gasteiger partial charge < -0.3 is 14.0 Å². The SMILES string of the molecule is COC(=O)c1c(COC(=O)CCc2c(C)noc2C)nc2ccccc2c1C. The van der Waals surface area contributed by atoms with Crippen molar-refractivity contribution in [1.82, 2.24) is 10.1 Å². The number of aromatic nitrogens is 2. The quantitative estimate of drug-likeness (QED) is 0.601. The number of esters is 2. The van der Waals surface area contributed by atoms with E-state index in [2.05, 4.69) is 10.1 Å². The van der Waals surface area contributed by atoms with Crippen molar-refractivity contribution in [1.29, 1.82) is 0 Å². The third kappa shape index (κ3) is 3.88. The predicted molar refractivity (Wildman–Crippen MR) is 102 cm³/mol. The summed E-state index contributed by atoms with van der Waals surface area (Å²) in [5, 5.41) is 4.74. The van der Waals surface area contributed by atoms with Crippen LogP contribution in [-0.4, -0.2) is 29.2 Å². The lowest BCUT2D eigenvalue weighted by Gasteiger charge is -2.13. The Hall–Kier alpha value is -3.22. The van der Waals surface area contributed by atoms with E-state index < -0.39 is 5.97 Å². The van der Waals surface area contributed by atoms with E-state index in [0.29, 0.717) is 23.4 Å². The lowest BCUT2D eigenvalue weighted by atomic mass is 10.0. The smallest absolute Gasteiger partial charge is 0.340 e. The summed E-state index contributed by atoms with van der Waals surface area (Å²) in [6.07, 6.45) is 0.664. The van der Waals surface area contributed by atoms with E-state index in [1.165, 1.54) is 7.11 Å². The van der Waals surface area contributed by atoms with Gasteiger partial charge in [-0.2, -0.15) is 0 Å². The molecule has 146 valence electrons. The number of carbonyl (C=O) groups excluding carboxylic acids is 2. The van der Waals surface area contributed by atoms with Gasteiger partial charge in [0.15, 0.2) is 0 Å². The maximum absolute atomic E-state index is 12.3. The van der Waals surface area contributed by atoms with E-state index in [1.54, 1.807) is 0 Å². The number of aryl methyl sites for hydroxylation is 3. The van der Waals surface area contributed by atoms with Crippen LogP contribution in [0.25, 0.3) is 10.9 Å². The minimum Gasteiger partial charge on any atom is -0.465 e. The highest BCUT2D eigenvalue weighted by Gasteiger charge is 2.20. The number of hydrogen-bond donors (Lipinski definition) is 0. The van der Waals surface area contributed by atoms with Crippen LogP contribution in [0.3, 0.4) is 0 Å². The van der Waals surface area contributed by atoms with Crippen molar-refractivity contribution in [2.24, 2.45) is 0 Å². The molecule has 2 aromatic heterocycles. The van der Waals surface area contributed by atoms with Crippen molar-refractivity contribution in [3.05, 3.63) is 58.1 Å². The van der Waals surface area contributed by atoms with Crippen LogP contribution >= 0.6 is 0 Å². The molecule has 0 radical (unpaired) electrons. The molecule has 0 N–H and O–H groups in total. The van der Waals surface area contributed by atoms with E-state index in [4.69, 9.17) is 14.0 Å². The summed E-state index contributed by atoms with van der Waals surface area (Å²) in [5.41, 5.74) is 3.87. The fourth-order valence-electron chi connectivity index (χ4n) is 3.22. The molecule has 3 aromatic rings. The highest BCUT2D eigenvalue weighted by molar-refractivity contribution is 5.98. The van der Waals surface area contributed by atoms with Gasteiger partial charge in [0.1, 0.15) is 12.4 Å². The number of nitrogens with zero attached hydrogens (tertiary/aromatic N) is 2. The van der Waals surface area contributed by atoms with Crippen LogP contribution in [0.2, 0.25) is 0 Å². The number of benzene rings is 1. The fourth-order valence-corrected chi connectivity index (χ4v) is 3.22. The Bertz CT molecular complexity index is 1020. The lowest BCUT2D eigenvalue weighted by Crippen LogP contribution is -2.14. The topological polar surface area (TPSA) is 91.5 Å². The van der Waals surface area contributed by atoms with Crippen LogP contribution in [0.4, 0.5) is 0 Å². The predicted octanol–water partition coefficient (Wildman–Crippen LogP) is 3.61. The summed E-state index contributed by atoms with van der Waals surface area (Å²) in [5.74, 6) is -0.189. The minimum absolute atomic E-state index is 0.101. The summed E-state index contributed by atoms with van der Waals surface area (Å²) < 4.78 is 15.4. The van der Waals surface area contributed by atoms with Gasteiger partial charge in [0.2, 0.25) is 0 Å². The number of ether oxygens (including phenoxy) is 2. The standard InChI is InChI=1S/C21H22N2O5/c1-12-15-7-5-6-8-17(15)22-18(20(12)21(25)26-4)11-27-19(24)10-9-16-13(2)23-28-14(16)3/h5-8H,9-11H2,1-4H3. The first-order valence-electron chi connectivity index (χ1n) is 8.96. The molecule has 7 nitrogen and oxygen atoms in total. The number of hydrogen-bond acceptors (Lipinski definition) is 7. The molecule has 0 unspecified atom stereocenters. The second kappa shape index (κ2) is 8.21. The van der Waals surface area contributed by atoms with Gasteiger partial charge in [-0.15, -0.1) is 0 Å². The molecule has 0 fully saturated rings. The van der Waals surface area contributed by atoms with Crippen molar-refractivity contribution < 1.29 is 23.6 Å². The van der Waals surface area contributed by atoms with Gasteiger partial charge in [-0.25, -0.2) is 9.78 Å². The number of rotatable bonds is 6. The van der Waals surface area contributed by atoms with Crippen LogP contribution in [-0.2, 0) is 27.3 Å². The van der Waals surface area contributed by atoms with Crippen LogP contribution < -0.4 is 0 Å². The summed E-state index contributed by atoms with van der Waals surface area (Å²) in [6, 6.07) is 7.49. The van der Waals surface area contributed by atoms with Gasteiger partial charge in [0.25, 0.3) is 0 Å². The molecule has 3 rings (SSSR count). The van der Waals surface area contributed by atoms with Gasteiger partial charge in [0, 0.05) is 17.4 Å². The average Bonchev–Trinajstić information content (AvgIpc) is 3.02. The van der Waals surface area contributed by atoms with Crippen molar-refractivity contribution in [2.75, 3.05) is 7.11 Å². The van der Waals surface area contributed by atoms with Gasteiger partial charge in [-0.3, -0.25) is 4.79 Å². The molecule has 0 bridgehead atoms. The molecule has 0 saturated heterocycles. The lowest BCUT2D eigenvalue weighted by molar-refractivity contribution is -0.145. The Labute approximate surface area is 162 Å². The third-order valence-corrected chi connectivity index (χ3v) is 4.75. The maximum atomic E-state index is 12.3. The molecule has 7 heteroatoms. The highest BCUT2D eigenvalue weighted by Crippen LogP contribution is 2.24. The zero-order chi connectivity index (χ0) is 20.3. The zero-order valence-electron chi connectivity index (χ0n) is 16.4. The minimum atomic E-state index is -0.502. The van der Waals surface area contributed by atoms with Crippen molar-refractivity contribution in [3.63, 3.8) is 0 Å². The second-order valence-electron chi connectivity index (χ2n) is 6.53. The fraction of sp³-hybridized carbons (Fsp3) is 0.333. The van der Waals surface area contributed by atoms with Crippen LogP contribution in [0.1, 0.15) is 45.1 Å². The second-order valence-corrected chi connectivity index (χ2v) is 6.53. The number of methoxy groups -OCH3 is 1.